The first-order chi connectivity index (χ1) is 7.11. The highest BCUT2D eigenvalue weighted by molar-refractivity contribution is 6.30. The second kappa shape index (κ2) is 6.14. The van der Waals surface area contributed by atoms with E-state index in [0.29, 0.717) is 11.8 Å². The number of benzene rings is 1. The summed E-state index contributed by atoms with van der Waals surface area (Å²) in [6, 6.07) is 8.06. The molecule has 2 heteroatoms. The van der Waals surface area contributed by atoms with E-state index in [4.69, 9.17) is 17.3 Å². The molecule has 0 saturated carbocycles. The van der Waals surface area contributed by atoms with Crippen molar-refractivity contribution >= 4 is 11.6 Å². The van der Waals surface area contributed by atoms with Crippen LogP contribution in [0.25, 0.3) is 0 Å². The predicted molar refractivity (Wildman–Crippen MR) is 67.2 cm³/mol. The van der Waals surface area contributed by atoms with Gasteiger partial charge in [0.05, 0.1) is 0 Å². The van der Waals surface area contributed by atoms with E-state index >= 15 is 0 Å². The number of hydrogen-bond donors (Lipinski definition) is 1. The fourth-order valence-corrected chi connectivity index (χ4v) is 2.14. The van der Waals surface area contributed by atoms with Gasteiger partial charge in [-0.25, -0.2) is 0 Å². The number of hydrogen-bond acceptors (Lipinski definition) is 1. The Bertz CT molecular complexity index is 296. The maximum Gasteiger partial charge on any atom is 0.0408 e. The highest BCUT2D eigenvalue weighted by Gasteiger charge is 2.10. The average Bonchev–Trinajstić information content (AvgIpc) is 2.16. The Morgan fingerprint density at radius 3 is 2.60 bits per heavy atom. The summed E-state index contributed by atoms with van der Waals surface area (Å²) >= 11 is 5.95. The van der Waals surface area contributed by atoms with Gasteiger partial charge in [-0.2, -0.15) is 0 Å². The Morgan fingerprint density at radius 2 is 2.07 bits per heavy atom. The van der Waals surface area contributed by atoms with Gasteiger partial charge in [0.25, 0.3) is 0 Å². The van der Waals surface area contributed by atoms with Crippen LogP contribution in [0.3, 0.4) is 0 Å². The van der Waals surface area contributed by atoms with E-state index in [0.717, 1.165) is 18.0 Å². The monoisotopic (exact) mass is 225 g/mol. The molecule has 0 aliphatic carbocycles. The summed E-state index contributed by atoms with van der Waals surface area (Å²) in [7, 11) is 0. The molecule has 0 amide bonds. The van der Waals surface area contributed by atoms with E-state index in [1.807, 2.05) is 18.2 Å². The molecular weight excluding hydrogens is 206 g/mol. The van der Waals surface area contributed by atoms with Gasteiger partial charge in [-0.3, -0.25) is 0 Å². The number of rotatable bonds is 5. The normalized spacial score (nSPS) is 13.1. The summed E-state index contributed by atoms with van der Waals surface area (Å²) in [5.74, 6) is 1.28. The van der Waals surface area contributed by atoms with Crippen LogP contribution in [0.15, 0.2) is 24.3 Å². The fraction of sp³-hybridized carbons (Fsp3) is 0.538. The summed E-state index contributed by atoms with van der Waals surface area (Å²) in [6.07, 6.45) is 2.22. The first-order valence-corrected chi connectivity index (χ1v) is 5.94. The molecule has 0 saturated heterocycles. The number of nitrogens with two attached hydrogens (primary N) is 1. The molecule has 0 aliphatic rings. The molecule has 1 aromatic carbocycles. The molecule has 0 aromatic heterocycles. The van der Waals surface area contributed by atoms with Crippen molar-refractivity contribution in [2.24, 2.45) is 17.6 Å². The highest BCUT2D eigenvalue weighted by atomic mass is 35.5. The third-order valence-corrected chi connectivity index (χ3v) is 2.79. The molecule has 1 atom stereocenters. The van der Waals surface area contributed by atoms with Crippen LogP contribution >= 0.6 is 11.6 Å². The Labute approximate surface area is 97.6 Å². The molecule has 0 spiro atoms. The van der Waals surface area contributed by atoms with Gasteiger partial charge in [0.1, 0.15) is 0 Å². The van der Waals surface area contributed by atoms with Crippen molar-refractivity contribution in [3.8, 4) is 0 Å². The van der Waals surface area contributed by atoms with E-state index in [1.54, 1.807) is 0 Å². The molecule has 0 fully saturated rings. The molecule has 15 heavy (non-hydrogen) atoms. The van der Waals surface area contributed by atoms with Crippen molar-refractivity contribution in [3.63, 3.8) is 0 Å². The zero-order chi connectivity index (χ0) is 11.3. The van der Waals surface area contributed by atoms with E-state index in [2.05, 4.69) is 19.9 Å². The van der Waals surface area contributed by atoms with Crippen molar-refractivity contribution in [2.45, 2.75) is 26.7 Å². The molecule has 1 rings (SSSR count). The van der Waals surface area contributed by atoms with Crippen LogP contribution in [0.1, 0.15) is 25.8 Å². The average molecular weight is 226 g/mol. The Morgan fingerprint density at radius 1 is 1.33 bits per heavy atom. The van der Waals surface area contributed by atoms with E-state index in [-0.39, 0.29) is 0 Å². The third-order valence-electron chi connectivity index (χ3n) is 2.55. The van der Waals surface area contributed by atoms with Gasteiger partial charge >= 0.3 is 0 Å². The molecule has 84 valence electrons. The van der Waals surface area contributed by atoms with Gasteiger partial charge in [0, 0.05) is 5.02 Å². The van der Waals surface area contributed by atoms with Crippen LogP contribution in [-0.2, 0) is 6.42 Å². The van der Waals surface area contributed by atoms with Crippen LogP contribution in [0.2, 0.25) is 5.02 Å². The van der Waals surface area contributed by atoms with Crippen molar-refractivity contribution in [2.75, 3.05) is 6.54 Å². The van der Waals surface area contributed by atoms with Crippen LogP contribution in [0.4, 0.5) is 0 Å². The summed E-state index contributed by atoms with van der Waals surface area (Å²) in [6.45, 7) is 5.23. The molecule has 1 nitrogen and oxygen atoms in total. The maximum atomic E-state index is 5.95. The SMILES string of the molecule is CC(C)C[C@@H](CN)Cc1cccc(Cl)c1. The first kappa shape index (κ1) is 12.5. The quantitative estimate of drug-likeness (QED) is 0.816. The topological polar surface area (TPSA) is 26.0 Å². The molecule has 0 aliphatic heterocycles. The van der Waals surface area contributed by atoms with E-state index in [1.165, 1.54) is 12.0 Å². The van der Waals surface area contributed by atoms with Gasteiger partial charge < -0.3 is 5.73 Å². The van der Waals surface area contributed by atoms with Crippen LogP contribution < -0.4 is 5.73 Å². The molecule has 0 unspecified atom stereocenters. The van der Waals surface area contributed by atoms with Crippen LogP contribution in [0.5, 0.6) is 0 Å². The second-order valence-electron chi connectivity index (χ2n) is 4.57. The smallest absolute Gasteiger partial charge is 0.0408 e. The Balaban J connectivity index is 2.58. The predicted octanol–water partition coefficient (Wildman–Crippen LogP) is 3.50. The molecule has 0 radical (unpaired) electrons. The summed E-state index contributed by atoms with van der Waals surface area (Å²) in [5, 5.41) is 0.813. The van der Waals surface area contributed by atoms with Crippen molar-refractivity contribution in [1.82, 2.24) is 0 Å². The van der Waals surface area contributed by atoms with Crippen molar-refractivity contribution in [1.29, 1.82) is 0 Å². The molecule has 0 bridgehead atoms. The molecule has 1 aromatic rings. The van der Waals surface area contributed by atoms with Crippen LogP contribution in [0, 0.1) is 11.8 Å². The molecule has 0 heterocycles. The fourth-order valence-electron chi connectivity index (χ4n) is 1.93. The Hall–Kier alpha value is -0.530. The van der Waals surface area contributed by atoms with Crippen molar-refractivity contribution in [3.05, 3.63) is 34.9 Å². The van der Waals surface area contributed by atoms with Gasteiger partial charge in [0.15, 0.2) is 0 Å². The minimum Gasteiger partial charge on any atom is -0.330 e. The highest BCUT2D eigenvalue weighted by Crippen LogP contribution is 2.18. The van der Waals surface area contributed by atoms with Gasteiger partial charge in [-0.1, -0.05) is 37.6 Å². The summed E-state index contributed by atoms with van der Waals surface area (Å²) < 4.78 is 0. The lowest BCUT2D eigenvalue weighted by molar-refractivity contribution is 0.415. The zero-order valence-electron chi connectivity index (χ0n) is 9.54. The number of halogens is 1. The van der Waals surface area contributed by atoms with Crippen LogP contribution in [-0.4, -0.2) is 6.54 Å². The van der Waals surface area contributed by atoms with E-state index in [9.17, 15) is 0 Å². The van der Waals surface area contributed by atoms with Crippen molar-refractivity contribution < 1.29 is 0 Å². The third kappa shape index (κ3) is 4.67. The van der Waals surface area contributed by atoms with Gasteiger partial charge in [-0.05, 0) is 48.9 Å². The van der Waals surface area contributed by atoms with Gasteiger partial charge in [-0.15, -0.1) is 0 Å². The minimum atomic E-state index is 0.573. The maximum absolute atomic E-state index is 5.95. The summed E-state index contributed by atoms with van der Waals surface area (Å²) in [4.78, 5) is 0. The molecule has 2 N–H and O–H groups in total. The van der Waals surface area contributed by atoms with Gasteiger partial charge in [0.2, 0.25) is 0 Å². The summed E-state index contributed by atoms with van der Waals surface area (Å²) in [5.41, 5.74) is 7.06. The van der Waals surface area contributed by atoms with E-state index < -0.39 is 0 Å². The first-order valence-electron chi connectivity index (χ1n) is 5.56. The largest absolute Gasteiger partial charge is 0.330 e. The standard InChI is InChI=1S/C13H20ClN/c1-10(2)6-12(9-15)7-11-4-3-5-13(14)8-11/h3-5,8,10,12H,6-7,9,15H2,1-2H3/t12-/m1/s1. The molecular formula is C13H20ClN. The lowest BCUT2D eigenvalue weighted by atomic mass is 9.91. The zero-order valence-corrected chi connectivity index (χ0v) is 10.3. The minimum absolute atomic E-state index is 0.573. The lowest BCUT2D eigenvalue weighted by Crippen LogP contribution is -2.18. The lowest BCUT2D eigenvalue weighted by Gasteiger charge is -2.17. The Kier molecular flexibility index (Phi) is 5.13. The second-order valence-corrected chi connectivity index (χ2v) is 5.00.